The van der Waals surface area contributed by atoms with Crippen LogP contribution in [0.2, 0.25) is 0 Å². The summed E-state index contributed by atoms with van der Waals surface area (Å²) in [4.78, 5) is 32.3. The molecule has 0 N–H and O–H groups in total. The maximum atomic E-state index is 4.99. The van der Waals surface area contributed by atoms with Crippen LogP contribution in [0.1, 0.15) is 0 Å². The van der Waals surface area contributed by atoms with Gasteiger partial charge in [0.25, 0.3) is 0 Å². The lowest BCUT2D eigenvalue weighted by Gasteiger charge is -1.81. The first-order valence-electron chi connectivity index (χ1n) is 10.4. The van der Waals surface area contributed by atoms with Crippen LogP contribution in [0.5, 0.6) is 0 Å². The van der Waals surface area contributed by atoms with Crippen LogP contribution in [0.15, 0.2) is 106 Å². The van der Waals surface area contributed by atoms with Crippen LogP contribution in [-0.4, -0.2) is 39.9 Å². The maximum Gasteiger partial charge on any atom is 0.228 e. The van der Waals surface area contributed by atoms with Crippen LogP contribution < -0.4 is 0 Å². The summed E-state index contributed by atoms with van der Waals surface area (Å²) in [7, 11) is 0. The van der Waals surface area contributed by atoms with Gasteiger partial charge < -0.3 is 8.83 Å². The van der Waals surface area contributed by atoms with Gasteiger partial charge in [-0.15, -0.1) is 22.7 Å². The van der Waals surface area contributed by atoms with Gasteiger partial charge in [0, 0.05) is 30.0 Å². The second kappa shape index (κ2) is 11.6. The molecular weight excluding hydrogens is 496 g/mol. The van der Waals surface area contributed by atoms with Crippen molar-refractivity contribution in [2.75, 3.05) is 0 Å². The van der Waals surface area contributed by atoms with E-state index in [1.807, 2.05) is 41.4 Å². The summed E-state index contributed by atoms with van der Waals surface area (Å²) < 4.78 is 11.1. The van der Waals surface area contributed by atoms with Gasteiger partial charge in [-0.2, -0.15) is 0 Å². The number of hydrogen-bond donors (Lipinski definition) is 0. The summed E-state index contributed by atoms with van der Waals surface area (Å²) in [5, 5.41) is 6.10. The lowest BCUT2D eigenvalue weighted by Crippen LogP contribution is -1.72. The number of nitrogens with zero attached hydrogens (tertiary/aromatic N) is 8. The van der Waals surface area contributed by atoms with E-state index in [1.54, 1.807) is 66.3 Å². The summed E-state index contributed by atoms with van der Waals surface area (Å²) in [5.41, 5.74) is 3.27. The molecule has 36 heavy (non-hydrogen) atoms. The van der Waals surface area contributed by atoms with Crippen molar-refractivity contribution in [2.24, 2.45) is 0 Å². The van der Waals surface area contributed by atoms with E-state index in [0.29, 0.717) is 5.71 Å². The fourth-order valence-corrected chi connectivity index (χ4v) is 4.27. The summed E-state index contributed by atoms with van der Waals surface area (Å²) in [6.45, 7) is 0. The van der Waals surface area contributed by atoms with E-state index in [0.717, 1.165) is 36.9 Å². The van der Waals surface area contributed by atoms with Crippen molar-refractivity contribution in [2.45, 2.75) is 0 Å². The zero-order valence-corrected chi connectivity index (χ0v) is 20.1. The molecular formula is C24H16N8O2S2. The van der Waals surface area contributed by atoms with Crippen molar-refractivity contribution in [1.82, 2.24) is 39.9 Å². The Labute approximate surface area is 211 Å². The molecule has 0 unspecified atom stereocenters. The average molecular weight is 513 g/mol. The van der Waals surface area contributed by atoms with E-state index < -0.39 is 0 Å². The van der Waals surface area contributed by atoms with Gasteiger partial charge >= 0.3 is 0 Å². The molecule has 10 nitrogen and oxygen atoms in total. The Morgan fingerprint density at radius 2 is 1.28 bits per heavy atom. The number of furan rings is 2. The van der Waals surface area contributed by atoms with Crippen LogP contribution in [0.25, 0.3) is 42.6 Å². The number of thiophene rings is 2. The van der Waals surface area contributed by atoms with Crippen molar-refractivity contribution >= 4 is 65.3 Å². The lowest BCUT2D eigenvalue weighted by molar-refractivity contribution is 0.602. The van der Waals surface area contributed by atoms with Crippen LogP contribution in [-0.2, 0) is 0 Å². The molecule has 0 fully saturated rings. The highest BCUT2D eigenvalue weighted by Gasteiger charge is 1.94. The Morgan fingerprint density at radius 1 is 0.556 bits per heavy atom. The van der Waals surface area contributed by atoms with Crippen molar-refractivity contribution in [3.8, 4) is 0 Å². The molecule has 0 aliphatic carbocycles. The molecule has 8 heterocycles. The average Bonchev–Trinajstić information content (AvgIpc) is 3.76. The minimum atomic E-state index is 0.644. The molecule has 0 spiro atoms. The molecule has 8 aromatic rings. The normalized spacial score (nSPS) is 10.2. The Kier molecular flexibility index (Phi) is 7.46. The number of rotatable bonds is 0. The Morgan fingerprint density at radius 3 is 2.11 bits per heavy atom. The Balaban J connectivity index is 0.0000000988. The molecule has 0 aliphatic heterocycles. The van der Waals surface area contributed by atoms with Gasteiger partial charge in [-0.3, -0.25) is 0 Å². The molecule has 0 amide bonds. The molecule has 176 valence electrons. The van der Waals surface area contributed by atoms with E-state index in [4.69, 9.17) is 8.83 Å². The number of aromatic nitrogens is 8. The minimum absolute atomic E-state index is 0.644. The highest BCUT2D eigenvalue weighted by atomic mass is 32.1. The van der Waals surface area contributed by atoms with Gasteiger partial charge in [0.1, 0.15) is 35.7 Å². The first kappa shape index (κ1) is 23.1. The molecule has 0 radical (unpaired) electrons. The van der Waals surface area contributed by atoms with Gasteiger partial charge in [-0.05, 0) is 29.0 Å². The zero-order chi connectivity index (χ0) is 24.4. The predicted octanol–water partition coefficient (Wildman–Crippen LogP) is 5.83. The first-order valence-corrected chi connectivity index (χ1v) is 12.2. The number of fused-ring (bicyclic) bond motifs is 4. The summed E-state index contributed by atoms with van der Waals surface area (Å²) in [5.74, 6) is 0. The third-order valence-electron chi connectivity index (χ3n) is 4.52. The maximum absolute atomic E-state index is 4.99. The third kappa shape index (κ3) is 5.87. The van der Waals surface area contributed by atoms with Crippen LogP contribution in [0.3, 0.4) is 0 Å². The fourth-order valence-electron chi connectivity index (χ4n) is 2.86. The van der Waals surface area contributed by atoms with E-state index in [2.05, 4.69) is 39.9 Å². The fraction of sp³-hybridized carbons (Fsp3) is 0. The summed E-state index contributed by atoms with van der Waals surface area (Å²) in [6.07, 6.45) is 16.3. The molecule has 0 bridgehead atoms. The van der Waals surface area contributed by atoms with E-state index in [9.17, 15) is 0 Å². The van der Waals surface area contributed by atoms with Gasteiger partial charge in [0.15, 0.2) is 5.58 Å². The molecule has 0 saturated carbocycles. The van der Waals surface area contributed by atoms with Gasteiger partial charge in [0.2, 0.25) is 5.71 Å². The van der Waals surface area contributed by atoms with E-state index in [1.165, 1.54) is 12.7 Å². The summed E-state index contributed by atoms with van der Waals surface area (Å²) in [6, 6.07) is 7.63. The van der Waals surface area contributed by atoms with Crippen LogP contribution >= 0.6 is 22.7 Å². The predicted molar refractivity (Wildman–Crippen MR) is 138 cm³/mol. The quantitative estimate of drug-likeness (QED) is 0.245. The highest BCUT2D eigenvalue weighted by molar-refractivity contribution is 7.17. The van der Waals surface area contributed by atoms with Crippen molar-refractivity contribution in [1.29, 1.82) is 0 Å². The van der Waals surface area contributed by atoms with Crippen LogP contribution in [0, 0.1) is 0 Å². The molecule has 0 aromatic carbocycles. The Hall–Kier alpha value is -4.68. The molecule has 0 saturated heterocycles. The molecule has 0 atom stereocenters. The smallest absolute Gasteiger partial charge is 0.228 e. The third-order valence-corrected chi connectivity index (χ3v) is 6.19. The molecule has 0 aliphatic rings. The van der Waals surface area contributed by atoms with E-state index >= 15 is 0 Å². The zero-order valence-electron chi connectivity index (χ0n) is 18.4. The monoisotopic (exact) mass is 512 g/mol. The standard InChI is InChI=1S/2C6H4N2O.2C6H4N2S/c1-2-9-6-3-7-4-8-5(1)6;1-2-9-6-5(1)3-7-4-8-6;1-2-9-6-3-7-4-8-5(1)6;1-2-9-6-5(1)3-7-4-8-6/h4*1-4H. The second-order valence-corrected chi connectivity index (χ2v) is 8.64. The SMILES string of the molecule is c1ncc2ccoc2n1.c1ncc2ccsc2n1.c1ncc2occc2n1.c1ncc2sccc2n1. The second-order valence-electron chi connectivity index (χ2n) is 6.79. The summed E-state index contributed by atoms with van der Waals surface area (Å²) >= 11 is 3.30. The largest absolute Gasteiger partial charge is 0.461 e. The van der Waals surface area contributed by atoms with Crippen molar-refractivity contribution < 1.29 is 8.83 Å². The topological polar surface area (TPSA) is 129 Å². The van der Waals surface area contributed by atoms with Gasteiger partial charge in [-0.25, -0.2) is 39.9 Å². The van der Waals surface area contributed by atoms with Gasteiger partial charge in [0.05, 0.1) is 34.3 Å². The first-order chi connectivity index (χ1) is 17.9. The lowest BCUT2D eigenvalue weighted by atomic mass is 10.4. The van der Waals surface area contributed by atoms with Crippen molar-refractivity contribution in [3.05, 3.63) is 97.6 Å². The Bertz CT molecular complexity index is 1410. The minimum Gasteiger partial charge on any atom is -0.461 e. The van der Waals surface area contributed by atoms with Crippen molar-refractivity contribution in [3.63, 3.8) is 0 Å². The highest BCUT2D eigenvalue weighted by Crippen LogP contribution is 2.16. The van der Waals surface area contributed by atoms with Crippen LogP contribution in [0.4, 0.5) is 0 Å². The molecule has 8 aromatic heterocycles. The number of hydrogen-bond acceptors (Lipinski definition) is 12. The molecule has 8 rings (SSSR count). The van der Waals surface area contributed by atoms with Gasteiger partial charge in [-0.1, -0.05) is 0 Å². The molecule has 12 heteroatoms. The van der Waals surface area contributed by atoms with E-state index in [-0.39, 0.29) is 0 Å².